The summed E-state index contributed by atoms with van der Waals surface area (Å²) in [7, 11) is -4.20. The van der Waals surface area contributed by atoms with Crippen molar-refractivity contribution in [1.29, 1.82) is 0 Å². The molecule has 0 spiro atoms. The summed E-state index contributed by atoms with van der Waals surface area (Å²) in [6.07, 6.45) is -0.342. The zero-order valence-corrected chi connectivity index (χ0v) is 18.4. The molecule has 0 heterocycles. The van der Waals surface area contributed by atoms with E-state index in [9.17, 15) is 29.6 Å². The fourth-order valence-electron chi connectivity index (χ4n) is 2.66. The maximum atomic E-state index is 13.6. The summed E-state index contributed by atoms with van der Waals surface area (Å²) in [5.74, 6) is -0.0468. The number of nitrogens with zero attached hydrogens (tertiary/aromatic N) is 3. The molecular weight excluding hydrogens is 469 g/mol. The predicted molar refractivity (Wildman–Crippen MR) is 119 cm³/mol. The van der Waals surface area contributed by atoms with Gasteiger partial charge in [-0.2, -0.15) is 0 Å². The molecule has 3 rings (SSSR count). The number of carbonyl (C=O) groups excluding carboxylic acids is 1. The largest absolute Gasteiger partial charge is 0.452 e. The second kappa shape index (κ2) is 11.0. The minimum Gasteiger partial charge on any atom is -0.415 e. The average Bonchev–Trinajstić information content (AvgIpc) is 2.83. The summed E-state index contributed by atoms with van der Waals surface area (Å²) in [5, 5.41) is 22.5. The van der Waals surface area contributed by atoms with Gasteiger partial charge in [0.05, 0.1) is 9.85 Å². The third kappa shape index (κ3) is 6.86. The molecule has 3 aromatic carbocycles. The zero-order chi connectivity index (χ0) is 24.6. The quantitative estimate of drug-likeness (QED) is 0.153. The highest BCUT2D eigenvalue weighted by atomic mass is 31.2. The number of hydroxylamine groups is 2. The molecule has 0 aliphatic carbocycles. The van der Waals surface area contributed by atoms with Gasteiger partial charge in [-0.1, -0.05) is 30.3 Å². The molecule has 3 aromatic rings. The van der Waals surface area contributed by atoms with Crippen molar-refractivity contribution in [3.05, 3.63) is 105 Å². The van der Waals surface area contributed by atoms with Crippen LogP contribution in [-0.4, -0.2) is 27.6 Å². The first-order valence-electron chi connectivity index (χ1n) is 9.64. The number of amides is 1. The fraction of sp³-hybridized carbons (Fsp3) is 0.0952. The van der Waals surface area contributed by atoms with Crippen molar-refractivity contribution < 1.29 is 33.1 Å². The molecule has 34 heavy (non-hydrogen) atoms. The minimum atomic E-state index is -4.20. The van der Waals surface area contributed by atoms with Gasteiger partial charge in [0.1, 0.15) is 18.1 Å². The highest BCUT2D eigenvalue weighted by molar-refractivity contribution is 7.54. The van der Waals surface area contributed by atoms with Crippen molar-refractivity contribution in [2.75, 3.05) is 6.29 Å². The van der Waals surface area contributed by atoms with E-state index in [0.29, 0.717) is 6.41 Å². The Kier molecular flexibility index (Phi) is 7.91. The molecule has 0 bridgehead atoms. The number of hydrogen-bond acceptors (Lipinski definition) is 9. The Morgan fingerprint density at radius 2 is 1.26 bits per heavy atom. The van der Waals surface area contributed by atoms with Crippen LogP contribution >= 0.6 is 7.60 Å². The standard InChI is InChI=1S/C21H18N3O9P/c25-15-22(31-14-17-4-2-1-3-5-17)16-34(30,32-20-10-6-18(7-11-20)23(26)27)33-21-12-8-19(9-13-21)24(28)29/h1-13,15H,14,16H2. The van der Waals surface area contributed by atoms with Crippen molar-refractivity contribution >= 4 is 25.4 Å². The summed E-state index contributed by atoms with van der Waals surface area (Å²) >= 11 is 0. The summed E-state index contributed by atoms with van der Waals surface area (Å²) in [5.41, 5.74) is 0.329. The van der Waals surface area contributed by atoms with Crippen LogP contribution in [0.2, 0.25) is 0 Å². The third-order valence-corrected chi connectivity index (χ3v) is 5.86. The Bertz CT molecular complexity index is 1120. The lowest BCUT2D eigenvalue weighted by Crippen LogP contribution is -2.26. The molecule has 1 amide bonds. The van der Waals surface area contributed by atoms with E-state index < -0.39 is 23.7 Å². The Morgan fingerprint density at radius 1 is 0.794 bits per heavy atom. The lowest BCUT2D eigenvalue weighted by Gasteiger charge is -2.24. The van der Waals surface area contributed by atoms with Gasteiger partial charge in [-0.15, -0.1) is 0 Å². The van der Waals surface area contributed by atoms with Crippen LogP contribution in [0.3, 0.4) is 0 Å². The molecule has 0 unspecified atom stereocenters. The van der Waals surface area contributed by atoms with E-state index in [1.807, 2.05) is 6.07 Å². The lowest BCUT2D eigenvalue weighted by molar-refractivity contribution is -0.385. The Morgan fingerprint density at radius 3 is 1.68 bits per heavy atom. The first kappa shape index (κ1) is 24.4. The van der Waals surface area contributed by atoms with Gasteiger partial charge in [0.15, 0.2) is 6.29 Å². The molecule has 12 nitrogen and oxygen atoms in total. The molecule has 176 valence electrons. The van der Waals surface area contributed by atoms with E-state index in [0.717, 1.165) is 34.9 Å². The van der Waals surface area contributed by atoms with Gasteiger partial charge < -0.3 is 9.05 Å². The van der Waals surface area contributed by atoms with Crippen LogP contribution in [0.1, 0.15) is 5.56 Å². The van der Waals surface area contributed by atoms with Gasteiger partial charge in [-0.3, -0.25) is 29.9 Å². The molecule has 0 fully saturated rings. The Balaban J connectivity index is 1.81. The topological polar surface area (TPSA) is 151 Å². The fourth-order valence-corrected chi connectivity index (χ4v) is 4.19. The molecule has 13 heteroatoms. The van der Waals surface area contributed by atoms with Gasteiger partial charge in [0.2, 0.25) is 6.41 Å². The highest BCUT2D eigenvalue weighted by Crippen LogP contribution is 2.49. The van der Waals surface area contributed by atoms with Crippen LogP contribution in [0.15, 0.2) is 78.9 Å². The second-order valence-electron chi connectivity index (χ2n) is 6.72. The van der Waals surface area contributed by atoms with Crippen LogP contribution in [-0.2, 0) is 20.8 Å². The lowest BCUT2D eigenvalue weighted by atomic mass is 10.2. The maximum Gasteiger partial charge on any atom is 0.452 e. The SMILES string of the molecule is O=CN(CP(=O)(Oc1ccc([N+](=O)[O-])cc1)Oc1ccc([N+](=O)[O-])cc1)OCc1ccccc1. The van der Waals surface area contributed by atoms with E-state index in [1.54, 1.807) is 24.3 Å². The van der Waals surface area contributed by atoms with Crippen LogP contribution in [0.4, 0.5) is 11.4 Å². The molecule has 0 saturated heterocycles. The average molecular weight is 487 g/mol. The molecule has 0 radical (unpaired) electrons. The van der Waals surface area contributed by atoms with E-state index in [2.05, 4.69) is 0 Å². The summed E-state index contributed by atoms with van der Waals surface area (Å²) < 4.78 is 24.6. The van der Waals surface area contributed by atoms with Crippen molar-refractivity contribution in [3.63, 3.8) is 0 Å². The molecular formula is C21H18N3O9P. The van der Waals surface area contributed by atoms with Gasteiger partial charge in [-0.05, 0) is 29.8 Å². The third-order valence-electron chi connectivity index (χ3n) is 4.25. The van der Waals surface area contributed by atoms with Crippen LogP contribution in [0.25, 0.3) is 0 Å². The monoisotopic (exact) mass is 487 g/mol. The van der Waals surface area contributed by atoms with Crippen LogP contribution in [0.5, 0.6) is 11.5 Å². The normalized spacial score (nSPS) is 10.8. The summed E-state index contributed by atoms with van der Waals surface area (Å²) in [6, 6.07) is 18.4. The van der Waals surface area contributed by atoms with Gasteiger partial charge in [-0.25, -0.2) is 9.63 Å². The summed E-state index contributed by atoms with van der Waals surface area (Å²) in [4.78, 5) is 37.5. The van der Waals surface area contributed by atoms with Crippen molar-refractivity contribution in [2.24, 2.45) is 0 Å². The molecule has 0 aliphatic heterocycles. The van der Waals surface area contributed by atoms with Crippen molar-refractivity contribution in [1.82, 2.24) is 5.06 Å². The number of carbonyl (C=O) groups is 1. The zero-order valence-electron chi connectivity index (χ0n) is 17.5. The minimum absolute atomic E-state index is 0.00531. The number of benzene rings is 3. The molecule has 0 aliphatic rings. The van der Waals surface area contributed by atoms with Gasteiger partial charge >= 0.3 is 7.60 Å². The smallest absolute Gasteiger partial charge is 0.415 e. The summed E-state index contributed by atoms with van der Waals surface area (Å²) in [6.45, 7) is -0.00531. The maximum absolute atomic E-state index is 13.6. The first-order chi connectivity index (χ1) is 16.3. The number of nitro benzene ring substituents is 2. The Hall–Kier alpha value is -4.28. The number of nitro groups is 2. The first-order valence-corrected chi connectivity index (χ1v) is 11.4. The number of rotatable bonds is 12. The van der Waals surface area contributed by atoms with Crippen LogP contribution in [0, 0.1) is 20.2 Å². The van der Waals surface area contributed by atoms with Crippen molar-refractivity contribution in [2.45, 2.75) is 6.61 Å². The predicted octanol–water partition coefficient (Wildman–Crippen LogP) is 4.70. The highest BCUT2D eigenvalue weighted by Gasteiger charge is 2.32. The molecule has 0 saturated carbocycles. The van der Waals surface area contributed by atoms with Gasteiger partial charge in [0.25, 0.3) is 11.4 Å². The van der Waals surface area contributed by atoms with E-state index >= 15 is 0 Å². The number of hydrogen-bond donors (Lipinski definition) is 0. The Labute approximate surface area is 193 Å². The number of non-ortho nitro benzene ring substituents is 2. The van der Waals surface area contributed by atoms with Gasteiger partial charge in [0, 0.05) is 24.3 Å². The van der Waals surface area contributed by atoms with E-state index in [1.165, 1.54) is 24.3 Å². The van der Waals surface area contributed by atoms with Crippen LogP contribution < -0.4 is 9.05 Å². The van der Waals surface area contributed by atoms with E-state index in [-0.39, 0.29) is 29.5 Å². The second-order valence-corrected chi connectivity index (χ2v) is 8.59. The molecule has 0 atom stereocenters. The van der Waals surface area contributed by atoms with Crippen molar-refractivity contribution in [3.8, 4) is 11.5 Å². The molecule has 0 aromatic heterocycles. The molecule has 0 N–H and O–H groups in total. The van der Waals surface area contributed by atoms with E-state index in [4.69, 9.17) is 13.9 Å².